The molecule has 1 atom stereocenters. The van der Waals surface area contributed by atoms with Crippen LogP contribution < -0.4 is 16.0 Å². The van der Waals surface area contributed by atoms with Crippen LogP contribution in [0.1, 0.15) is 11.1 Å². The molecule has 0 spiro atoms. The first kappa shape index (κ1) is 15.4. The van der Waals surface area contributed by atoms with Crippen LogP contribution in [0.4, 0.5) is 8.78 Å². The average molecular weight is 292 g/mol. The van der Waals surface area contributed by atoms with Crippen molar-refractivity contribution in [3.05, 3.63) is 65.2 Å². The zero-order chi connectivity index (χ0) is 15.2. The van der Waals surface area contributed by atoms with E-state index in [2.05, 4.69) is 5.43 Å². The highest BCUT2D eigenvalue weighted by atomic mass is 19.1. The second-order valence-electron chi connectivity index (χ2n) is 4.86. The highest BCUT2D eigenvalue weighted by Gasteiger charge is 2.13. The van der Waals surface area contributed by atoms with Gasteiger partial charge >= 0.3 is 0 Å². The number of hydrogen-bond acceptors (Lipinski definition) is 3. The number of hydrogen-bond donors (Lipinski definition) is 2. The van der Waals surface area contributed by atoms with Crippen LogP contribution in [0, 0.1) is 11.6 Å². The molecule has 2 aromatic rings. The third-order valence-electron chi connectivity index (χ3n) is 3.35. The molecule has 3 N–H and O–H groups in total. The van der Waals surface area contributed by atoms with Crippen molar-refractivity contribution in [1.29, 1.82) is 0 Å². The molecule has 0 aliphatic heterocycles. The minimum absolute atomic E-state index is 0.185. The van der Waals surface area contributed by atoms with Gasteiger partial charge in [0.15, 0.2) is 0 Å². The number of ether oxygens (including phenoxy) is 1. The van der Waals surface area contributed by atoms with Gasteiger partial charge in [0.2, 0.25) is 0 Å². The first-order valence-corrected chi connectivity index (χ1v) is 6.65. The lowest BCUT2D eigenvalue weighted by atomic mass is 9.99. The average Bonchev–Trinajstić information content (AvgIpc) is 2.51. The van der Waals surface area contributed by atoms with Crippen molar-refractivity contribution in [3.8, 4) is 5.75 Å². The maximum atomic E-state index is 13.7. The Bertz CT molecular complexity index is 587. The quantitative estimate of drug-likeness (QED) is 0.635. The topological polar surface area (TPSA) is 47.3 Å². The summed E-state index contributed by atoms with van der Waals surface area (Å²) in [6.45, 7) is 0. The van der Waals surface area contributed by atoms with E-state index < -0.39 is 11.6 Å². The standard InChI is InChI=1S/C16H18F2N2O/c1-21-15-5-2-11(3-6-15)8-14(20-19)10-12-9-13(17)4-7-16(12)18/h2-7,9,14,20H,8,10,19H2,1H3. The Balaban J connectivity index is 2.07. The van der Waals surface area contributed by atoms with Gasteiger partial charge in [-0.2, -0.15) is 0 Å². The summed E-state index contributed by atoms with van der Waals surface area (Å²) >= 11 is 0. The van der Waals surface area contributed by atoms with Crippen LogP contribution in [-0.2, 0) is 12.8 Å². The van der Waals surface area contributed by atoms with Gasteiger partial charge in [-0.1, -0.05) is 12.1 Å². The monoisotopic (exact) mass is 292 g/mol. The Morgan fingerprint density at radius 3 is 2.43 bits per heavy atom. The summed E-state index contributed by atoms with van der Waals surface area (Å²) in [6, 6.07) is 10.8. The van der Waals surface area contributed by atoms with E-state index in [-0.39, 0.29) is 6.04 Å². The van der Waals surface area contributed by atoms with Gasteiger partial charge in [-0.15, -0.1) is 0 Å². The number of nitrogens with two attached hydrogens (primary N) is 1. The molecule has 3 nitrogen and oxygen atoms in total. The first-order valence-electron chi connectivity index (χ1n) is 6.65. The van der Waals surface area contributed by atoms with Crippen LogP contribution in [0.25, 0.3) is 0 Å². The molecule has 0 heterocycles. The molecule has 0 bridgehead atoms. The number of nitrogens with one attached hydrogen (secondary N) is 1. The lowest BCUT2D eigenvalue weighted by Gasteiger charge is -2.16. The van der Waals surface area contributed by atoms with E-state index in [0.717, 1.165) is 23.4 Å². The predicted octanol–water partition coefficient (Wildman–Crippen LogP) is 2.59. The first-order chi connectivity index (χ1) is 10.1. The molecule has 2 aromatic carbocycles. The molecule has 0 aliphatic carbocycles. The molecule has 0 aromatic heterocycles. The minimum atomic E-state index is -0.452. The summed E-state index contributed by atoms with van der Waals surface area (Å²) in [4.78, 5) is 0. The molecule has 0 saturated heterocycles. The van der Waals surface area contributed by atoms with Crippen molar-refractivity contribution in [2.24, 2.45) is 5.84 Å². The Labute approximate surface area is 122 Å². The number of methoxy groups -OCH3 is 1. The highest BCUT2D eigenvalue weighted by molar-refractivity contribution is 5.28. The fourth-order valence-corrected chi connectivity index (χ4v) is 2.20. The van der Waals surface area contributed by atoms with Gasteiger partial charge in [0.05, 0.1) is 7.11 Å². The highest BCUT2D eigenvalue weighted by Crippen LogP contribution is 2.16. The van der Waals surface area contributed by atoms with Crippen molar-refractivity contribution >= 4 is 0 Å². The fraction of sp³-hybridized carbons (Fsp3) is 0.250. The summed E-state index contributed by atoms with van der Waals surface area (Å²) in [7, 11) is 1.60. The Morgan fingerprint density at radius 1 is 1.10 bits per heavy atom. The maximum Gasteiger partial charge on any atom is 0.126 e. The van der Waals surface area contributed by atoms with Crippen molar-refractivity contribution < 1.29 is 13.5 Å². The van der Waals surface area contributed by atoms with Crippen molar-refractivity contribution in [1.82, 2.24) is 5.43 Å². The van der Waals surface area contributed by atoms with E-state index in [9.17, 15) is 8.78 Å². The summed E-state index contributed by atoms with van der Waals surface area (Å²) < 4.78 is 31.9. The molecule has 0 saturated carbocycles. The lowest BCUT2D eigenvalue weighted by molar-refractivity contribution is 0.414. The molecule has 5 heteroatoms. The van der Waals surface area contributed by atoms with Gasteiger partial charge in [0.25, 0.3) is 0 Å². The zero-order valence-electron chi connectivity index (χ0n) is 11.8. The van der Waals surface area contributed by atoms with Gasteiger partial charge in [0, 0.05) is 6.04 Å². The van der Waals surface area contributed by atoms with Crippen LogP contribution in [-0.4, -0.2) is 13.2 Å². The Morgan fingerprint density at radius 2 is 1.81 bits per heavy atom. The number of hydrazine groups is 1. The molecule has 0 amide bonds. The van der Waals surface area contributed by atoms with Crippen LogP contribution in [0.2, 0.25) is 0 Å². The third-order valence-corrected chi connectivity index (χ3v) is 3.35. The number of rotatable bonds is 6. The third kappa shape index (κ3) is 4.24. The summed E-state index contributed by atoms with van der Waals surface area (Å²) in [6.07, 6.45) is 0.919. The Kier molecular flexibility index (Phi) is 5.25. The van der Waals surface area contributed by atoms with Crippen LogP contribution >= 0.6 is 0 Å². The van der Waals surface area contributed by atoms with E-state index in [0.29, 0.717) is 18.4 Å². The largest absolute Gasteiger partial charge is 0.497 e. The lowest BCUT2D eigenvalue weighted by Crippen LogP contribution is -2.38. The second-order valence-corrected chi connectivity index (χ2v) is 4.86. The van der Waals surface area contributed by atoms with Crippen molar-refractivity contribution in [2.75, 3.05) is 7.11 Å². The molecule has 112 valence electrons. The molecule has 0 radical (unpaired) electrons. The predicted molar refractivity (Wildman–Crippen MR) is 77.9 cm³/mol. The molecule has 0 fully saturated rings. The van der Waals surface area contributed by atoms with Crippen LogP contribution in [0.15, 0.2) is 42.5 Å². The van der Waals surface area contributed by atoms with E-state index in [1.807, 2.05) is 24.3 Å². The molecule has 0 aliphatic rings. The fourth-order valence-electron chi connectivity index (χ4n) is 2.20. The second kappa shape index (κ2) is 7.15. The van der Waals surface area contributed by atoms with Gasteiger partial charge in [-0.05, 0) is 54.3 Å². The van der Waals surface area contributed by atoms with Gasteiger partial charge in [-0.3, -0.25) is 11.3 Å². The van der Waals surface area contributed by atoms with E-state index in [4.69, 9.17) is 10.6 Å². The smallest absolute Gasteiger partial charge is 0.126 e. The molecular weight excluding hydrogens is 274 g/mol. The zero-order valence-corrected chi connectivity index (χ0v) is 11.8. The molecular formula is C16H18F2N2O. The number of halogens is 2. The summed E-state index contributed by atoms with van der Waals surface area (Å²) in [5, 5.41) is 0. The normalized spacial score (nSPS) is 12.2. The van der Waals surface area contributed by atoms with Gasteiger partial charge < -0.3 is 4.74 Å². The summed E-state index contributed by atoms with van der Waals surface area (Å²) in [5.74, 6) is 5.42. The van der Waals surface area contributed by atoms with Crippen molar-refractivity contribution in [2.45, 2.75) is 18.9 Å². The maximum absolute atomic E-state index is 13.7. The van der Waals surface area contributed by atoms with E-state index in [1.54, 1.807) is 7.11 Å². The van der Waals surface area contributed by atoms with Crippen molar-refractivity contribution in [3.63, 3.8) is 0 Å². The summed E-state index contributed by atoms with van der Waals surface area (Å²) in [5.41, 5.74) is 4.00. The molecule has 21 heavy (non-hydrogen) atoms. The molecule has 2 rings (SSSR count). The van der Waals surface area contributed by atoms with Gasteiger partial charge in [-0.25, -0.2) is 8.78 Å². The van der Waals surface area contributed by atoms with Gasteiger partial charge in [0.1, 0.15) is 17.4 Å². The van der Waals surface area contributed by atoms with Crippen LogP contribution in [0.5, 0.6) is 5.75 Å². The van der Waals surface area contributed by atoms with E-state index >= 15 is 0 Å². The van der Waals surface area contributed by atoms with E-state index in [1.165, 1.54) is 6.07 Å². The minimum Gasteiger partial charge on any atom is -0.497 e. The SMILES string of the molecule is COc1ccc(CC(Cc2cc(F)ccc2F)NN)cc1. The number of benzene rings is 2. The Hall–Kier alpha value is -1.98. The van der Waals surface area contributed by atoms with Crippen LogP contribution in [0.3, 0.4) is 0 Å². The molecule has 1 unspecified atom stereocenters.